The molecule has 1 heterocycles. The molecule has 0 aliphatic carbocycles. The van der Waals surface area contributed by atoms with E-state index >= 15 is 0 Å². The highest BCUT2D eigenvalue weighted by Crippen LogP contribution is 2.28. The zero-order valence-corrected chi connectivity index (χ0v) is 12.0. The van der Waals surface area contributed by atoms with Crippen molar-refractivity contribution in [1.29, 1.82) is 0 Å². The van der Waals surface area contributed by atoms with Crippen LogP contribution in [-0.4, -0.2) is 31.1 Å². The SMILES string of the molecule is CNc1cc([N+](=O)[O-])cc(Oc2cccc(N(C)C)c2)n1. The topological polar surface area (TPSA) is 80.5 Å². The quantitative estimate of drug-likeness (QED) is 0.673. The smallest absolute Gasteiger partial charge is 0.278 e. The van der Waals surface area contributed by atoms with E-state index in [1.54, 1.807) is 13.1 Å². The first-order valence-electron chi connectivity index (χ1n) is 6.29. The summed E-state index contributed by atoms with van der Waals surface area (Å²) in [4.78, 5) is 16.5. The van der Waals surface area contributed by atoms with Gasteiger partial charge in [-0.25, -0.2) is 0 Å². The van der Waals surface area contributed by atoms with Crippen LogP contribution in [0.4, 0.5) is 17.2 Å². The van der Waals surface area contributed by atoms with Crippen molar-refractivity contribution in [3.63, 3.8) is 0 Å². The molecule has 1 aromatic carbocycles. The summed E-state index contributed by atoms with van der Waals surface area (Å²) in [7, 11) is 5.48. The zero-order chi connectivity index (χ0) is 15.4. The van der Waals surface area contributed by atoms with Crippen molar-refractivity contribution in [2.75, 3.05) is 31.4 Å². The fraction of sp³-hybridized carbons (Fsp3) is 0.214. The predicted octanol–water partition coefficient (Wildman–Crippen LogP) is 2.89. The third-order valence-corrected chi connectivity index (χ3v) is 2.81. The Kier molecular flexibility index (Phi) is 4.22. The van der Waals surface area contributed by atoms with Crippen LogP contribution in [-0.2, 0) is 0 Å². The molecule has 1 N–H and O–H groups in total. The van der Waals surface area contributed by atoms with Gasteiger partial charge in [0.2, 0.25) is 5.88 Å². The average molecular weight is 288 g/mol. The van der Waals surface area contributed by atoms with E-state index < -0.39 is 4.92 Å². The Balaban J connectivity index is 2.32. The second-order valence-electron chi connectivity index (χ2n) is 4.55. The Hall–Kier alpha value is -2.83. The second-order valence-corrected chi connectivity index (χ2v) is 4.55. The standard InChI is InChI=1S/C14H16N4O3/c1-15-13-8-11(18(19)20)9-14(16-13)21-12-6-4-5-10(7-12)17(2)3/h4-9H,1-3H3,(H,15,16). The lowest BCUT2D eigenvalue weighted by Gasteiger charge is -2.13. The fourth-order valence-electron chi connectivity index (χ4n) is 1.72. The molecule has 0 amide bonds. The molecular weight excluding hydrogens is 272 g/mol. The number of hydrogen-bond acceptors (Lipinski definition) is 6. The third kappa shape index (κ3) is 3.59. The van der Waals surface area contributed by atoms with Gasteiger partial charge in [-0.3, -0.25) is 10.1 Å². The molecule has 0 aliphatic heterocycles. The lowest BCUT2D eigenvalue weighted by Crippen LogP contribution is -2.08. The van der Waals surface area contributed by atoms with Crippen molar-refractivity contribution in [1.82, 2.24) is 4.98 Å². The van der Waals surface area contributed by atoms with Crippen molar-refractivity contribution in [3.05, 3.63) is 46.5 Å². The number of rotatable bonds is 5. The summed E-state index contributed by atoms with van der Waals surface area (Å²) >= 11 is 0. The van der Waals surface area contributed by atoms with Crippen LogP contribution in [0.15, 0.2) is 36.4 Å². The molecule has 2 rings (SSSR count). The first-order valence-corrected chi connectivity index (χ1v) is 6.29. The molecule has 21 heavy (non-hydrogen) atoms. The molecule has 110 valence electrons. The molecule has 0 atom stereocenters. The Bertz CT molecular complexity index is 658. The largest absolute Gasteiger partial charge is 0.439 e. The van der Waals surface area contributed by atoms with E-state index in [0.29, 0.717) is 11.6 Å². The van der Waals surface area contributed by atoms with Crippen molar-refractivity contribution >= 4 is 17.2 Å². The van der Waals surface area contributed by atoms with Crippen molar-refractivity contribution in [2.45, 2.75) is 0 Å². The Labute approximate surface area is 122 Å². The van der Waals surface area contributed by atoms with Gasteiger partial charge in [0.1, 0.15) is 11.6 Å². The van der Waals surface area contributed by atoms with E-state index in [2.05, 4.69) is 10.3 Å². The van der Waals surface area contributed by atoms with E-state index in [1.807, 2.05) is 37.2 Å². The van der Waals surface area contributed by atoms with Gasteiger partial charge in [0.15, 0.2) is 0 Å². The van der Waals surface area contributed by atoms with Crippen molar-refractivity contribution in [2.24, 2.45) is 0 Å². The van der Waals surface area contributed by atoms with Crippen molar-refractivity contribution < 1.29 is 9.66 Å². The number of hydrogen-bond donors (Lipinski definition) is 1. The number of anilines is 2. The lowest BCUT2D eigenvalue weighted by atomic mass is 10.3. The van der Waals surface area contributed by atoms with E-state index in [0.717, 1.165) is 5.69 Å². The minimum atomic E-state index is -0.481. The van der Waals surface area contributed by atoms with Crippen molar-refractivity contribution in [3.8, 4) is 11.6 Å². The van der Waals surface area contributed by atoms with Gasteiger partial charge in [-0.2, -0.15) is 4.98 Å². The van der Waals surface area contributed by atoms with Gasteiger partial charge < -0.3 is 15.0 Å². The summed E-state index contributed by atoms with van der Waals surface area (Å²) in [5.41, 5.74) is 0.889. The maximum atomic E-state index is 10.9. The molecular formula is C14H16N4O3. The molecule has 0 aliphatic rings. The summed E-state index contributed by atoms with van der Waals surface area (Å²) < 4.78 is 5.62. The summed E-state index contributed by atoms with van der Waals surface area (Å²) in [5.74, 6) is 1.11. The highest BCUT2D eigenvalue weighted by Gasteiger charge is 2.12. The maximum Gasteiger partial charge on any atom is 0.278 e. The Morgan fingerprint density at radius 2 is 2.05 bits per heavy atom. The molecule has 0 fully saturated rings. The summed E-state index contributed by atoms with van der Waals surface area (Å²) in [6, 6.07) is 10.0. The second kappa shape index (κ2) is 6.08. The van der Waals surface area contributed by atoms with Crippen LogP contribution in [0.25, 0.3) is 0 Å². The fourth-order valence-corrected chi connectivity index (χ4v) is 1.72. The van der Waals surface area contributed by atoms with Crippen LogP contribution in [0.3, 0.4) is 0 Å². The molecule has 0 bridgehead atoms. The number of ether oxygens (including phenoxy) is 1. The van der Waals surface area contributed by atoms with Crippen LogP contribution < -0.4 is 15.0 Å². The number of pyridine rings is 1. The van der Waals surface area contributed by atoms with Gasteiger partial charge >= 0.3 is 0 Å². The number of nitrogens with one attached hydrogen (secondary N) is 1. The first-order chi connectivity index (χ1) is 9.99. The summed E-state index contributed by atoms with van der Waals surface area (Å²) in [6.07, 6.45) is 0. The normalized spacial score (nSPS) is 10.0. The van der Waals surface area contributed by atoms with Crippen LogP contribution >= 0.6 is 0 Å². The van der Waals surface area contributed by atoms with Gasteiger partial charge in [-0.1, -0.05) is 6.07 Å². The minimum absolute atomic E-state index is 0.0758. The number of aromatic nitrogens is 1. The predicted molar refractivity (Wildman–Crippen MR) is 81.3 cm³/mol. The van der Waals surface area contributed by atoms with Gasteiger partial charge in [0.05, 0.1) is 17.1 Å². The number of nitrogens with zero attached hydrogens (tertiary/aromatic N) is 3. The highest BCUT2D eigenvalue weighted by atomic mass is 16.6. The summed E-state index contributed by atoms with van der Waals surface area (Å²) in [5, 5.41) is 13.7. The van der Waals surface area contributed by atoms with Crippen LogP contribution in [0.1, 0.15) is 0 Å². The van der Waals surface area contributed by atoms with E-state index in [-0.39, 0.29) is 11.6 Å². The highest BCUT2D eigenvalue weighted by molar-refractivity contribution is 5.52. The lowest BCUT2D eigenvalue weighted by molar-refractivity contribution is -0.384. The van der Waals surface area contributed by atoms with Crippen LogP contribution in [0, 0.1) is 10.1 Å². The molecule has 0 unspecified atom stereocenters. The van der Waals surface area contributed by atoms with E-state index in [1.165, 1.54) is 12.1 Å². The monoisotopic (exact) mass is 288 g/mol. The first kappa shape index (κ1) is 14.6. The van der Waals surface area contributed by atoms with E-state index in [4.69, 9.17) is 4.74 Å². The third-order valence-electron chi connectivity index (χ3n) is 2.81. The van der Waals surface area contributed by atoms with Gasteiger partial charge in [0, 0.05) is 32.9 Å². The molecule has 1 aromatic heterocycles. The molecule has 0 spiro atoms. The number of benzene rings is 1. The molecule has 7 nitrogen and oxygen atoms in total. The average Bonchev–Trinajstić information content (AvgIpc) is 2.47. The molecule has 0 saturated heterocycles. The minimum Gasteiger partial charge on any atom is -0.439 e. The van der Waals surface area contributed by atoms with Crippen LogP contribution in [0.5, 0.6) is 11.6 Å². The number of nitro groups is 1. The van der Waals surface area contributed by atoms with Gasteiger partial charge in [-0.15, -0.1) is 0 Å². The van der Waals surface area contributed by atoms with Gasteiger partial charge in [0.25, 0.3) is 5.69 Å². The summed E-state index contributed by atoms with van der Waals surface area (Å²) in [6.45, 7) is 0. The zero-order valence-electron chi connectivity index (χ0n) is 12.0. The Morgan fingerprint density at radius 3 is 2.67 bits per heavy atom. The van der Waals surface area contributed by atoms with Gasteiger partial charge in [-0.05, 0) is 12.1 Å². The van der Waals surface area contributed by atoms with E-state index in [9.17, 15) is 10.1 Å². The molecule has 2 aromatic rings. The maximum absolute atomic E-state index is 10.9. The van der Waals surface area contributed by atoms with Crippen LogP contribution in [0.2, 0.25) is 0 Å². The molecule has 0 saturated carbocycles. The molecule has 0 radical (unpaired) electrons. The molecule has 7 heteroatoms. The Morgan fingerprint density at radius 1 is 1.29 bits per heavy atom.